The van der Waals surface area contributed by atoms with Gasteiger partial charge in [0.2, 0.25) is 0 Å². The number of cyclic esters (lactones) is 1. The van der Waals surface area contributed by atoms with Crippen molar-refractivity contribution in [2.45, 2.75) is 26.4 Å². The second-order valence-corrected chi connectivity index (χ2v) is 6.40. The smallest absolute Gasteiger partial charge is 0.313 e. The van der Waals surface area contributed by atoms with E-state index in [9.17, 15) is 4.79 Å². The number of esters is 1. The molecule has 2 saturated heterocycles. The SMILES string of the molecule is C[C@H]1OC(=O)[C@@H]2C=C3CSCCC3[C@H](C)[C@H]12. The Hall–Kier alpha value is -0.440. The van der Waals surface area contributed by atoms with Crippen molar-refractivity contribution in [1.29, 1.82) is 0 Å². The van der Waals surface area contributed by atoms with Crippen LogP contribution in [0.1, 0.15) is 20.3 Å². The van der Waals surface area contributed by atoms with Crippen LogP contribution in [-0.2, 0) is 9.53 Å². The van der Waals surface area contributed by atoms with Gasteiger partial charge in [0.25, 0.3) is 0 Å². The molecule has 0 amide bonds. The van der Waals surface area contributed by atoms with E-state index < -0.39 is 0 Å². The van der Waals surface area contributed by atoms with E-state index >= 15 is 0 Å². The molecule has 2 fully saturated rings. The van der Waals surface area contributed by atoms with E-state index in [0.717, 1.165) is 5.75 Å². The lowest BCUT2D eigenvalue weighted by Crippen LogP contribution is -2.37. The molecule has 3 aliphatic rings. The van der Waals surface area contributed by atoms with Gasteiger partial charge in [-0.15, -0.1) is 0 Å². The average Bonchev–Trinajstić information content (AvgIpc) is 2.55. The maximum absolute atomic E-state index is 11.8. The van der Waals surface area contributed by atoms with Gasteiger partial charge in [0.15, 0.2) is 0 Å². The third-order valence-corrected chi connectivity index (χ3v) is 5.55. The standard InChI is InChI=1S/C13H18O2S/c1-7-10-3-4-16-6-9(10)5-11-12(7)8(2)15-13(11)14/h5,7-8,10-12H,3-4,6H2,1-2H3/t7-,8+,10?,11+,12+/m0/s1. The van der Waals surface area contributed by atoms with Crippen LogP contribution in [0.2, 0.25) is 0 Å². The fraction of sp³-hybridized carbons (Fsp3) is 0.769. The Morgan fingerprint density at radius 2 is 2.25 bits per heavy atom. The van der Waals surface area contributed by atoms with Crippen molar-refractivity contribution in [3.05, 3.63) is 11.6 Å². The molecule has 0 radical (unpaired) electrons. The van der Waals surface area contributed by atoms with Crippen molar-refractivity contribution in [3.63, 3.8) is 0 Å². The molecule has 1 unspecified atom stereocenters. The zero-order valence-electron chi connectivity index (χ0n) is 9.81. The molecule has 0 aromatic carbocycles. The van der Waals surface area contributed by atoms with E-state index in [0.29, 0.717) is 17.8 Å². The third-order valence-electron chi connectivity index (χ3n) is 4.48. The summed E-state index contributed by atoms with van der Waals surface area (Å²) in [6.45, 7) is 4.36. The number of hydrogen-bond donors (Lipinski definition) is 0. The van der Waals surface area contributed by atoms with Crippen LogP contribution >= 0.6 is 11.8 Å². The van der Waals surface area contributed by atoms with Crippen LogP contribution in [0.15, 0.2) is 11.6 Å². The van der Waals surface area contributed by atoms with Crippen LogP contribution in [-0.4, -0.2) is 23.6 Å². The first-order valence-corrected chi connectivity index (χ1v) is 7.33. The zero-order chi connectivity index (χ0) is 11.3. The van der Waals surface area contributed by atoms with E-state index in [2.05, 4.69) is 19.9 Å². The number of fused-ring (bicyclic) bond motifs is 2. The van der Waals surface area contributed by atoms with Crippen LogP contribution < -0.4 is 0 Å². The summed E-state index contributed by atoms with van der Waals surface area (Å²) in [6.07, 6.45) is 3.62. The van der Waals surface area contributed by atoms with Gasteiger partial charge in [-0.3, -0.25) is 4.79 Å². The molecule has 3 rings (SSSR count). The maximum Gasteiger partial charge on any atom is 0.313 e. The van der Waals surface area contributed by atoms with Crippen molar-refractivity contribution in [1.82, 2.24) is 0 Å². The Bertz CT molecular complexity index is 350. The van der Waals surface area contributed by atoms with E-state index in [1.807, 2.05) is 11.8 Å². The molecule has 3 heteroatoms. The minimum Gasteiger partial charge on any atom is -0.462 e. The highest BCUT2D eigenvalue weighted by Gasteiger charge is 2.49. The number of thioether (sulfide) groups is 1. The second-order valence-electron chi connectivity index (χ2n) is 5.29. The minimum atomic E-state index is 0.00544. The molecule has 0 saturated carbocycles. The average molecular weight is 238 g/mol. The quantitative estimate of drug-likeness (QED) is 0.479. The highest BCUT2D eigenvalue weighted by atomic mass is 32.2. The maximum atomic E-state index is 11.8. The predicted octanol–water partition coefficient (Wildman–Crippen LogP) is 2.49. The van der Waals surface area contributed by atoms with E-state index in [1.54, 1.807) is 0 Å². The van der Waals surface area contributed by atoms with Crippen molar-refractivity contribution in [2.24, 2.45) is 23.7 Å². The summed E-state index contributed by atoms with van der Waals surface area (Å²) < 4.78 is 5.39. The van der Waals surface area contributed by atoms with Crippen LogP contribution in [0.25, 0.3) is 0 Å². The van der Waals surface area contributed by atoms with Crippen molar-refractivity contribution in [2.75, 3.05) is 11.5 Å². The van der Waals surface area contributed by atoms with Gasteiger partial charge in [0.05, 0.1) is 5.92 Å². The van der Waals surface area contributed by atoms with E-state index in [-0.39, 0.29) is 18.0 Å². The summed E-state index contributed by atoms with van der Waals surface area (Å²) in [6, 6.07) is 0. The predicted molar refractivity (Wildman–Crippen MR) is 65.2 cm³/mol. The van der Waals surface area contributed by atoms with Crippen molar-refractivity contribution >= 4 is 17.7 Å². The van der Waals surface area contributed by atoms with Gasteiger partial charge in [0, 0.05) is 11.7 Å². The first-order chi connectivity index (χ1) is 7.68. The second kappa shape index (κ2) is 3.80. The molecule has 0 spiro atoms. The Morgan fingerprint density at radius 1 is 1.44 bits per heavy atom. The molecule has 2 heterocycles. The van der Waals surface area contributed by atoms with Gasteiger partial charge in [-0.25, -0.2) is 0 Å². The summed E-state index contributed by atoms with van der Waals surface area (Å²) in [5.41, 5.74) is 1.51. The fourth-order valence-corrected chi connectivity index (χ4v) is 4.80. The van der Waals surface area contributed by atoms with Crippen molar-refractivity contribution < 1.29 is 9.53 Å². The Morgan fingerprint density at radius 3 is 3.06 bits per heavy atom. The number of ether oxygens (including phenoxy) is 1. The summed E-state index contributed by atoms with van der Waals surface area (Å²) in [4.78, 5) is 11.8. The first-order valence-electron chi connectivity index (χ1n) is 6.17. The Balaban J connectivity index is 1.97. The molecular weight excluding hydrogens is 220 g/mol. The summed E-state index contributed by atoms with van der Waals surface area (Å²) in [5, 5.41) is 0. The largest absolute Gasteiger partial charge is 0.462 e. The first kappa shape index (κ1) is 10.7. The summed E-state index contributed by atoms with van der Waals surface area (Å²) >= 11 is 2.00. The topological polar surface area (TPSA) is 26.3 Å². The van der Waals surface area contributed by atoms with E-state index in [1.165, 1.54) is 17.7 Å². The van der Waals surface area contributed by atoms with Gasteiger partial charge < -0.3 is 4.74 Å². The summed E-state index contributed by atoms with van der Waals surface area (Å²) in [5.74, 6) is 4.18. The molecule has 0 aromatic rings. The van der Waals surface area contributed by atoms with E-state index in [4.69, 9.17) is 4.74 Å². The lowest BCUT2D eigenvalue weighted by Gasteiger charge is -2.39. The summed E-state index contributed by atoms with van der Waals surface area (Å²) in [7, 11) is 0. The molecule has 2 nitrogen and oxygen atoms in total. The molecule has 88 valence electrons. The molecule has 0 N–H and O–H groups in total. The van der Waals surface area contributed by atoms with Gasteiger partial charge >= 0.3 is 5.97 Å². The Kier molecular flexibility index (Phi) is 2.54. The molecule has 2 aliphatic heterocycles. The van der Waals surface area contributed by atoms with Crippen LogP contribution in [0.3, 0.4) is 0 Å². The molecular formula is C13H18O2S. The zero-order valence-corrected chi connectivity index (χ0v) is 10.6. The minimum absolute atomic E-state index is 0.00544. The molecule has 1 aliphatic carbocycles. The number of carbonyl (C=O) groups is 1. The van der Waals surface area contributed by atoms with Gasteiger partial charge in [-0.05, 0) is 30.9 Å². The van der Waals surface area contributed by atoms with Crippen LogP contribution in [0.5, 0.6) is 0 Å². The molecule has 16 heavy (non-hydrogen) atoms. The van der Waals surface area contributed by atoms with Crippen LogP contribution in [0, 0.1) is 23.7 Å². The fourth-order valence-electron chi connectivity index (χ4n) is 3.69. The number of carbonyl (C=O) groups excluding carboxylic acids is 1. The van der Waals surface area contributed by atoms with Gasteiger partial charge in [-0.1, -0.05) is 18.6 Å². The molecule has 0 aromatic heterocycles. The molecule has 5 atom stereocenters. The van der Waals surface area contributed by atoms with Crippen LogP contribution in [0.4, 0.5) is 0 Å². The van der Waals surface area contributed by atoms with Gasteiger partial charge in [-0.2, -0.15) is 11.8 Å². The van der Waals surface area contributed by atoms with Gasteiger partial charge in [0.1, 0.15) is 6.10 Å². The monoisotopic (exact) mass is 238 g/mol. The highest BCUT2D eigenvalue weighted by molar-refractivity contribution is 7.99. The number of hydrogen-bond acceptors (Lipinski definition) is 3. The number of rotatable bonds is 0. The lowest BCUT2D eigenvalue weighted by molar-refractivity contribution is -0.142. The highest BCUT2D eigenvalue weighted by Crippen LogP contribution is 2.48. The van der Waals surface area contributed by atoms with Crippen molar-refractivity contribution in [3.8, 4) is 0 Å². The Labute approximate surface area is 101 Å². The molecule has 0 bridgehead atoms. The lowest BCUT2D eigenvalue weighted by atomic mass is 9.66. The normalized spacial score (nSPS) is 46.8. The third kappa shape index (κ3) is 1.44.